The van der Waals surface area contributed by atoms with Crippen molar-refractivity contribution >= 4 is 38.6 Å². The molecule has 1 heterocycles. The molecule has 0 aliphatic carbocycles. The Morgan fingerprint density at radius 3 is 2.59 bits per heavy atom. The summed E-state index contributed by atoms with van der Waals surface area (Å²) in [4.78, 5) is 33.3. The molecular weight excluding hydrogens is 334 g/mol. The fourth-order valence-electron chi connectivity index (χ4n) is 1.80. The van der Waals surface area contributed by atoms with E-state index in [2.05, 4.69) is 4.72 Å². The Labute approximate surface area is 129 Å². The maximum Gasteiger partial charge on any atom is 0.289 e. The van der Waals surface area contributed by atoms with Crippen molar-refractivity contribution in [1.82, 2.24) is 9.62 Å². The first-order chi connectivity index (χ1) is 10.3. The second-order valence-corrected chi connectivity index (χ2v) is 6.88. The molecule has 11 heteroatoms. The summed E-state index contributed by atoms with van der Waals surface area (Å²) in [6.07, 6.45) is 0. The number of para-hydroxylation sites is 1. The molecule has 9 nitrogen and oxygen atoms in total. The summed E-state index contributed by atoms with van der Waals surface area (Å²) in [5.74, 6) is -0.352. The second-order valence-electron chi connectivity index (χ2n) is 4.22. The number of carbonyl (C=O) groups is 2. The van der Waals surface area contributed by atoms with Crippen LogP contribution in [0.5, 0.6) is 0 Å². The predicted octanol–water partition coefficient (Wildman–Crippen LogP) is 0.568. The van der Waals surface area contributed by atoms with Crippen molar-refractivity contribution in [3.05, 3.63) is 34.4 Å². The largest absolute Gasteiger partial charge is 0.289 e. The van der Waals surface area contributed by atoms with Crippen LogP contribution < -0.4 is 4.72 Å². The van der Waals surface area contributed by atoms with E-state index in [9.17, 15) is 28.1 Å². The quantitative estimate of drug-likeness (QED) is 0.590. The Kier molecular flexibility index (Phi) is 4.78. The molecule has 0 radical (unpaired) electrons. The van der Waals surface area contributed by atoms with Gasteiger partial charge in [0.1, 0.15) is 0 Å². The van der Waals surface area contributed by atoms with Gasteiger partial charge in [0.15, 0.2) is 4.90 Å². The molecule has 0 unspecified atom stereocenters. The Morgan fingerprint density at radius 2 is 2.00 bits per heavy atom. The lowest BCUT2D eigenvalue weighted by Gasteiger charge is -2.13. The number of carbonyl (C=O) groups excluding carboxylic acids is 2. The monoisotopic (exact) mass is 345 g/mol. The van der Waals surface area contributed by atoms with Gasteiger partial charge in [-0.3, -0.25) is 24.6 Å². The third-order valence-electron chi connectivity index (χ3n) is 2.82. The van der Waals surface area contributed by atoms with Crippen LogP contribution in [0, 0.1) is 10.1 Å². The fourth-order valence-corrected chi connectivity index (χ4v) is 3.74. The van der Waals surface area contributed by atoms with Gasteiger partial charge in [-0.1, -0.05) is 23.9 Å². The Morgan fingerprint density at radius 1 is 1.32 bits per heavy atom. The molecule has 1 aliphatic rings. The predicted molar refractivity (Wildman–Crippen MR) is 77.9 cm³/mol. The first-order valence-corrected chi connectivity index (χ1v) is 8.50. The minimum Gasteiger partial charge on any atom is -0.273 e. The van der Waals surface area contributed by atoms with Crippen molar-refractivity contribution < 1.29 is 22.9 Å². The second kappa shape index (κ2) is 6.42. The third-order valence-corrected chi connectivity index (χ3v) is 5.19. The van der Waals surface area contributed by atoms with Crippen molar-refractivity contribution in [3.63, 3.8) is 0 Å². The van der Waals surface area contributed by atoms with Gasteiger partial charge in [-0.15, -0.1) is 0 Å². The van der Waals surface area contributed by atoms with Crippen LogP contribution in [0.25, 0.3) is 0 Å². The molecule has 1 aromatic carbocycles. The lowest BCUT2D eigenvalue weighted by molar-refractivity contribution is -0.387. The number of amides is 2. The highest BCUT2D eigenvalue weighted by Crippen LogP contribution is 2.22. The molecule has 22 heavy (non-hydrogen) atoms. The van der Waals surface area contributed by atoms with Gasteiger partial charge in [0, 0.05) is 19.2 Å². The number of nitro benzene ring substituents is 1. The number of hydrogen-bond donors (Lipinski definition) is 1. The zero-order valence-electron chi connectivity index (χ0n) is 11.1. The molecule has 0 bridgehead atoms. The van der Waals surface area contributed by atoms with Gasteiger partial charge in [-0.2, -0.15) is 0 Å². The number of hydrogen-bond acceptors (Lipinski definition) is 7. The number of nitro groups is 1. The summed E-state index contributed by atoms with van der Waals surface area (Å²) >= 11 is 0.845. The smallest absolute Gasteiger partial charge is 0.273 e. The molecule has 2 amide bonds. The first kappa shape index (κ1) is 16.4. The molecular formula is C11H11N3O6S2. The van der Waals surface area contributed by atoms with Gasteiger partial charge in [0.25, 0.3) is 10.9 Å². The molecule has 1 fully saturated rings. The van der Waals surface area contributed by atoms with E-state index in [-0.39, 0.29) is 24.7 Å². The zero-order valence-corrected chi connectivity index (χ0v) is 12.7. The van der Waals surface area contributed by atoms with Crippen molar-refractivity contribution in [3.8, 4) is 0 Å². The average Bonchev–Trinajstić information content (AvgIpc) is 2.79. The molecule has 1 aromatic rings. The van der Waals surface area contributed by atoms with E-state index in [0.29, 0.717) is 0 Å². The third kappa shape index (κ3) is 3.43. The number of imide groups is 1. The van der Waals surface area contributed by atoms with Crippen LogP contribution in [0.15, 0.2) is 29.2 Å². The van der Waals surface area contributed by atoms with E-state index in [1.165, 1.54) is 12.1 Å². The highest BCUT2D eigenvalue weighted by Gasteiger charge is 2.30. The number of nitrogens with one attached hydrogen (secondary N) is 1. The summed E-state index contributed by atoms with van der Waals surface area (Å²) in [5, 5.41) is 10.4. The zero-order chi connectivity index (χ0) is 16.3. The Bertz CT molecular complexity index is 717. The van der Waals surface area contributed by atoms with E-state index in [1.807, 2.05) is 0 Å². The minimum absolute atomic E-state index is 0.0374. The van der Waals surface area contributed by atoms with E-state index in [4.69, 9.17) is 0 Å². The SMILES string of the molecule is O=C1CSC(=O)N1CCNS(=O)(=O)c1ccccc1[N+](=O)[O-]. The van der Waals surface area contributed by atoms with Crippen LogP contribution in [0.2, 0.25) is 0 Å². The lowest BCUT2D eigenvalue weighted by atomic mass is 10.3. The van der Waals surface area contributed by atoms with E-state index < -0.39 is 30.8 Å². The molecule has 0 saturated carbocycles. The molecule has 2 rings (SSSR count). The Balaban J connectivity index is 2.08. The summed E-state index contributed by atoms with van der Waals surface area (Å²) in [6, 6.07) is 4.92. The van der Waals surface area contributed by atoms with Crippen molar-refractivity contribution in [2.24, 2.45) is 0 Å². The first-order valence-electron chi connectivity index (χ1n) is 6.03. The summed E-state index contributed by atoms with van der Waals surface area (Å²) < 4.78 is 26.3. The fraction of sp³-hybridized carbons (Fsp3) is 0.273. The van der Waals surface area contributed by atoms with Gasteiger partial charge < -0.3 is 0 Å². The molecule has 0 spiro atoms. The van der Waals surface area contributed by atoms with Gasteiger partial charge in [0.2, 0.25) is 15.9 Å². The number of thioether (sulfide) groups is 1. The topological polar surface area (TPSA) is 127 Å². The van der Waals surface area contributed by atoms with Crippen LogP contribution in [0.3, 0.4) is 0 Å². The van der Waals surface area contributed by atoms with Crippen LogP contribution in [0.1, 0.15) is 0 Å². The minimum atomic E-state index is -4.11. The highest BCUT2D eigenvalue weighted by molar-refractivity contribution is 8.14. The molecule has 0 atom stereocenters. The summed E-state index contributed by atoms with van der Waals surface area (Å²) in [7, 11) is -4.11. The summed E-state index contributed by atoms with van der Waals surface area (Å²) in [6.45, 7) is -0.336. The maximum atomic E-state index is 12.1. The molecule has 1 N–H and O–H groups in total. The number of rotatable bonds is 6. The lowest BCUT2D eigenvalue weighted by Crippen LogP contribution is -2.37. The Hall–Kier alpha value is -1.98. The van der Waals surface area contributed by atoms with Crippen LogP contribution in [0.4, 0.5) is 10.5 Å². The van der Waals surface area contributed by atoms with E-state index in [0.717, 1.165) is 28.8 Å². The maximum absolute atomic E-state index is 12.1. The van der Waals surface area contributed by atoms with E-state index in [1.54, 1.807) is 0 Å². The van der Waals surface area contributed by atoms with Crippen LogP contribution in [-0.4, -0.2) is 48.2 Å². The molecule has 0 aromatic heterocycles. The van der Waals surface area contributed by atoms with Crippen molar-refractivity contribution in [2.75, 3.05) is 18.8 Å². The number of benzene rings is 1. The standard InChI is InChI=1S/C11H11N3O6S2/c15-10-7-21-11(16)13(10)6-5-12-22(19,20)9-4-2-1-3-8(9)14(17)18/h1-4,12H,5-7H2. The number of nitrogens with zero attached hydrogens (tertiary/aromatic N) is 2. The van der Waals surface area contributed by atoms with Crippen LogP contribution >= 0.6 is 11.8 Å². The van der Waals surface area contributed by atoms with Gasteiger partial charge in [0.05, 0.1) is 10.7 Å². The van der Waals surface area contributed by atoms with Crippen molar-refractivity contribution in [2.45, 2.75) is 4.90 Å². The highest BCUT2D eigenvalue weighted by atomic mass is 32.2. The molecule has 1 aliphatic heterocycles. The van der Waals surface area contributed by atoms with Gasteiger partial charge in [-0.25, -0.2) is 13.1 Å². The normalized spacial score (nSPS) is 15.4. The van der Waals surface area contributed by atoms with Crippen LogP contribution in [-0.2, 0) is 14.8 Å². The number of sulfonamides is 1. The molecule has 1 saturated heterocycles. The van der Waals surface area contributed by atoms with Gasteiger partial charge >= 0.3 is 0 Å². The average molecular weight is 345 g/mol. The van der Waals surface area contributed by atoms with Gasteiger partial charge in [-0.05, 0) is 6.07 Å². The molecule has 118 valence electrons. The van der Waals surface area contributed by atoms with E-state index >= 15 is 0 Å². The van der Waals surface area contributed by atoms with Crippen molar-refractivity contribution in [1.29, 1.82) is 0 Å². The summed E-state index contributed by atoms with van der Waals surface area (Å²) in [5.41, 5.74) is -0.543.